The van der Waals surface area contributed by atoms with Crippen molar-refractivity contribution >= 4 is 34.4 Å². The number of benzene rings is 2. The number of hydrogen-bond acceptors (Lipinski definition) is 4. The van der Waals surface area contributed by atoms with Gasteiger partial charge < -0.3 is 19.0 Å². The van der Waals surface area contributed by atoms with Crippen LogP contribution >= 0.6 is 11.6 Å². The first-order valence-electron chi connectivity index (χ1n) is 9.39. The molecule has 0 bridgehead atoms. The summed E-state index contributed by atoms with van der Waals surface area (Å²) >= 11 is 6.06. The molecule has 4 rings (SSSR count). The number of ether oxygens (including phenoxy) is 1. The van der Waals surface area contributed by atoms with E-state index in [4.69, 9.17) is 20.8 Å². The number of carbonyl (C=O) groups is 2. The Morgan fingerprint density at radius 1 is 1.00 bits per heavy atom. The van der Waals surface area contributed by atoms with Crippen LogP contribution in [0.25, 0.3) is 11.0 Å². The van der Waals surface area contributed by atoms with E-state index in [1.807, 2.05) is 6.92 Å². The lowest BCUT2D eigenvalue weighted by Crippen LogP contribution is -2.50. The van der Waals surface area contributed by atoms with Gasteiger partial charge in [0.15, 0.2) is 5.76 Å². The lowest BCUT2D eigenvalue weighted by atomic mass is 10.1. The van der Waals surface area contributed by atoms with Gasteiger partial charge in [0, 0.05) is 47.7 Å². The molecule has 0 unspecified atom stereocenters. The summed E-state index contributed by atoms with van der Waals surface area (Å²) in [5.41, 5.74) is 2.00. The van der Waals surface area contributed by atoms with E-state index >= 15 is 0 Å². The van der Waals surface area contributed by atoms with Crippen LogP contribution in [0.1, 0.15) is 26.5 Å². The predicted molar refractivity (Wildman–Crippen MR) is 111 cm³/mol. The number of piperazine rings is 1. The average molecular weight is 413 g/mol. The summed E-state index contributed by atoms with van der Waals surface area (Å²) in [5, 5.41) is 1.44. The minimum Gasteiger partial charge on any atom is -0.497 e. The molecule has 1 saturated heterocycles. The van der Waals surface area contributed by atoms with Crippen LogP contribution in [0, 0.1) is 6.92 Å². The van der Waals surface area contributed by atoms with Crippen molar-refractivity contribution in [3.05, 3.63) is 64.4 Å². The molecular formula is C22H21ClN2O4. The normalized spacial score (nSPS) is 14.3. The Hall–Kier alpha value is -2.99. The molecule has 6 nitrogen and oxygen atoms in total. The van der Waals surface area contributed by atoms with Crippen LogP contribution in [-0.4, -0.2) is 54.9 Å². The van der Waals surface area contributed by atoms with Crippen molar-refractivity contribution in [3.8, 4) is 5.75 Å². The maximum absolute atomic E-state index is 13.0. The van der Waals surface area contributed by atoms with Crippen LogP contribution in [0.4, 0.5) is 0 Å². The monoisotopic (exact) mass is 412 g/mol. The van der Waals surface area contributed by atoms with Gasteiger partial charge in [-0.1, -0.05) is 17.7 Å². The van der Waals surface area contributed by atoms with Crippen LogP contribution in [0.15, 0.2) is 46.9 Å². The summed E-state index contributed by atoms with van der Waals surface area (Å²) < 4.78 is 11.0. The zero-order chi connectivity index (χ0) is 20.5. The lowest BCUT2D eigenvalue weighted by Gasteiger charge is -2.34. The third-order valence-corrected chi connectivity index (χ3v) is 5.50. The molecule has 150 valence electrons. The highest BCUT2D eigenvalue weighted by atomic mass is 35.5. The molecule has 0 aliphatic carbocycles. The molecule has 1 aliphatic rings. The maximum Gasteiger partial charge on any atom is 0.290 e. The Morgan fingerprint density at radius 2 is 1.69 bits per heavy atom. The molecule has 2 heterocycles. The minimum atomic E-state index is -0.164. The van der Waals surface area contributed by atoms with Crippen molar-refractivity contribution in [2.24, 2.45) is 0 Å². The van der Waals surface area contributed by atoms with Gasteiger partial charge in [-0.2, -0.15) is 0 Å². The van der Waals surface area contributed by atoms with E-state index in [9.17, 15) is 9.59 Å². The number of aryl methyl sites for hydroxylation is 1. The number of fused-ring (bicyclic) bond motifs is 1. The quantitative estimate of drug-likeness (QED) is 0.652. The van der Waals surface area contributed by atoms with Crippen LogP contribution in [0.5, 0.6) is 5.75 Å². The number of furan rings is 1. The average Bonchev–Trinajstić information content (AvgIpc) is 3.08. The molecule has 2 amide bonds. The Balaban J connectivity index is 1.46. The molecule has 1 fully saturated rings. The molecule has 0 spiro atoms. The Labute approximate surface area is 173 Å². The highest BCUT2D eigenvalue weighted by Crippen LogP contribution is 2.29. The van der Waals surface area contributed by atoms with Gasteiger partial charge in [0.1, 0.15) is 11.3 Å². The largest absolute Gasteiger partial charge is 0.497 e. The van der Waals surface area contributed by atoms with Gasteiger partial charge in [0.25, 0.3) is 11.8 Å². The van der Waals surface area contributed by atoms with E-state index in [2.05, 4.69) is 0 Å². The van der Waals surface area contributed by atoms with E-state index in [0.29, 0.717) is 53.9 Å². The minimum absolute atomic E-state index is 0.0643. The van der Waals surface area contributed by atoms with E-state index in [1.165, 1.54) is 0 Å². The molecule has 29 heavy (non-hydrogen) atoms. The SMILES string of the molecule is COc1cccc(C(=O)N2CCN(C(=O)c3oc4ccc(Cl)cc4c3C)CC2)c1. The van der Waals surface area contributed by atoms with E-state index < -0.39 is 0 Å². The zero-order valence-corrected chi connectivity index (χ0v) is 17.0. The molecule has 0 saturated carbocycles. The number of hydrogen-bond donors (Lipinski definition) is 0. The van der Waals surface area contributed by atoms with Crippen molar-refractivity contribution in [2.75, 3.05) is 33.3 Å². The van der Waals surface area contributed by atoms with Crippen molar-refractivity contribution in [2.45, 2.75) is 6.92 Å². The van der Waals surface area contributed by atoms with E-state index in [-0.39, 0.29) is 11.8 Å². The standard InChI is InChI=1S/C22H21ClN2O4/c1-14-18-13-16(23)6-7-19(18)29-20(14)22(27)25-10-8-24(9-11-25)21(26)15-4-3-5-17(12-15)28-2/h3-7,12-13H,8-11H2,1-2H3. The predicted octanol–water partition coefficient (Wildman–Crippen LogP) is 4.00. The van der Waals surface area contributed by atoms with E-state index in [1.54, 1.807) is 59.4 Å². The first-order chi connectivity index (χ1) is 14.0. The van der Waals surface area contributed by atoms with Crippen LogP contribution in [0.3, 0.4) is 0 Å². The molecular weight excluding hydrogens is 392 g/mol. The molecule has 7 heteroatoms. The van der Waals surface area contributed by atoms with Crippen molar-refractivity contribution in [1.82, 2.24) is 9.80 Å². The highest BCUT2D eigenvalue weighted by molar-refractivity contribution is 6.31. The summed E-state index contributed by atoms with van der Waals surface area (Å²) in [6.45, 7) is 3.69. The molecule has 1 aromatic heterocycles. The number of rotatable bonds is 3. The molecule has 0 N–H and O–H groups in total. The third-order valence-electron chi connectivity index (χ3n) is 5.26. The lowest BCUT2D eigenvalue weighted by molar-refractivity contribution is 0.0518. The number of methoxy groups -OCH3 is 1. The van der Waals surface area contributed by atoms with Crippen molar-refractivity contribution < 1.29 is 18.7 Å². The van der Waals surface area contributed by atoms with Gasteiger partial charge in [0.05, 0.1) is 7.11 Å². The van der Waals surface area contributed by atoms with Gasteiger partial charge in [-0.05, 0) is 43.3 Å². The van der Waals surface area contributed by atoms with E-state index in [0.717, 1.165) is 10.9 Å². The van der Waals surface area contributed by atoms with Crippen molar-refractivity contribution in [3.63, 3.8) is 0 Å². The van der Waals surface area contributed by atoms with Crippen LogP contribution in [-0.2, 0) is 0 Å². The second-order valence-corrected chi connectivity index (χ2v) is 7.45. The molecule has 1 aliphatic heterocycles. The first kappa shape index (κ1) is 19.3. The number of halogens is 1. The fourth-order valence-corrected chi connectivity index (χ4v) is 3.76. The number of carbonyl (C=O) groups excluding carboxylic acids is 2. The summed E-state index contributed by atoms with van der Waals surface area (Å²) in [4.78, 5) is 29.2. The fourth-order valence-electron chi connectivity index (χ4n) is 3.59. The summed E-state index contributed by atoms with van der Waals surface area (Å²) in [6.07, 6.45) is 0. The third kappa shape index (κ3) is 3.68. The van der Waals surface area contributed by atoms with Crippen LogP contribution in [0.2, 0.25) is 5.02 Å². The number of nitrogens with zero attached hydrogens (tertiary/aromatic N) is 2. The summed E-state index contributed by atoms with van der Waals surface area (Å²) in [6, 6.07) is 12.4. The zero-order valence-electron chi connectivity index (χ0n) is 16.3. The van der Waals surface area contributed by atoms with Crippen LogP contribution < -0.4 is 4.74 Å². The second kappa shape index (κ2) is 7.79. The molecule has 2 aromatic carbocycles. The summed E-state index contributed by atoms with van der Waals surface area (Å²) in [5.74, 6) is 0.744. The first-order valence-corrected chi connectivity index (χ1v) is 9.77. The highest BCUT2D eigenvalue weighted by Gasteiger charge is 2.28. The fraction of sp³-hybridized carbons (Fsp3) is 0.273. The smallest absolute Gasteiger partial charge is 0.290 e. The molecule has 0 radical (unpaired) electrons. The van der Waals surface area contributed by atoms with Gasteiger partial charge in [-0.15, -0.1) is 0 Å². The van der Waals surface area contributed by atoms with Gasteiger partial charge >= 0.3 is 0 Å². The summed E-state index contributed by atoms with van der Waals surface area (Å²) in [7, 11) is 1.57. The van der Waals surface area contributed by atoms with Crippen molar-refractivity contribution in [1.29, 1.82) is 0 Å². The van der Waals surface area contributed by atoms with Gasteiger partial charge in [-0.3, -0.25) is 9.59 Å². The maximum atomic E-state index is 13.0. The Kier molecular flexibility index (Phi) is 5.20. The molecule has 0 atom stereocenters. The molecule has 3 aromatic rings. The Bertz CT molecular complexity index is 1080. The Morgan fingerprint density at radius 3 is 2.38 bits per heavy atom. The van der Waals surface area contributed by atoms with Gasteiger partial charge in [-0.25, -0.2) is 0 Å². The topological polar surface area (TPSA) is 63.0 Å². The number of amides is 2. The second-order valence-electron chi connectivity index (χ2n) is 7.01. The van der Waals surface area contributed by atoms with Gasteiger partial charge in [0.2, 0.25) is 0 Å².